The summed E-state index contributed by atoms with van der Waals surface area (Å²) in [5.74, 6) is 0. The zero-order valence-electron chi connectivity index (χ0n) is 13.1. The summed E-state index contributed by atoms with van der Waals surface area (Å²) in [5, 5.41) is 0. The fourth-order valence-corrected chi connectivity index (χ4v) is 1.92. The molecule has 2 nitrogen and oxygen atoms in total. The van der Waals surface area contributed by atoms with Gasteiger partial charge in [0.05, 0.1) is 0 Å². The lowest BCUT2D eigenvalue weighted by atomic mass is 10.1. The maximum absolute atomic E-state index is 3.00. The van der Waals surface area contributed by atoms with Gasteiger partial charge in [0.15, 0.2) is 0 Å². The van der Waals surface area contributed by atoms with Gasteiger partial charge in [-0.15, -0.1) is 13.2 Å². The van der Waals surface area contributed by atoms with Crippen LogP contribution in [0, 0.1) is 0 Å². The Balaban J connectivity index is -0.000000709. The van der Waals surface area contributed by atoms with Crippen molar-refractivity contribution in [3.05, 3.63) is 13.2 Å². The van der Waals surface area contributed by atoms with E-state index in [0.29, 0.717) is 0 Å². The summed E-state index contributed by atoms with van der Waals surface area (Å²) in [6, 6.07) is 0. The Morgan fingerprint density at radius 3 is 1.33 bits per heavy atom. The first kappa shape index (κ1) is 22.8. The topological polar surface area (TPSA) is 34.7 Å². The van der Waals surface area contributed by atoms with Gasteiger partial charge in [-0.2, -0.15) is 0 Å². The molecular weight excluding hydrogens is 222 g/mol. The lowest BCUT2D eigenvalue weighted by molar-refractivity contribution is 0.389. The molecule has 18 heavy (non-hydrogen) atoms. The van der Waals surface area contributed by atoms with Gasteiger partial charge in [0.2, 0.25) is 0 Å². The second-order valence-electron chi connectivity index (χ2n) is 4.99. The van der Waals surface area contributed by atoms with Gasteiger partial charge in [0.25, 0.3) is 0 Å². The van der Waals surface area contributed by atoms with Gasteiger partial charge < -0.3 is 10.4 Å². The van der Waals surface area contributed by atoms with Gasteiger partial charge in [0, 0.05) is 0 Å². The number of nitrogens with zero attached hydrogens (tertiary/aromatic N) is 1. The van der Waals surface area contributed by atoms with Crippen LogP contribution in [0.25, 0.3) is 0 Å². The normalized spacial score (nSPS) is 9.56. The van der Waals surface area contributed by atoms with Crippen LogP contribution < -0.4 is 0 Å². The summed E-state index contributed by atoms with van der Waals surface area (Å²) in [4.78, 5) is 2.28. The second-order valence-corrected chi connectivity index (χ2v) is 4.99. The molecule has 0 aliphatic heterocycles. The molecule has 2 heteroatoms. The summed E-state index contributed by atoms with van der Waals surface area (Å²) in [5.41, 5.74) is 0. The SMILES string of the molecule is C=C.CCCCCCCCCCCCN(C)C.O. The van der Waals surface area contributed by atoms with Crippen LogP contribution in [0.2, 0.25) is 0 Å². The van der Waals surface area contributed by atoms with Crippen molar-refractivity contribution in [1.29, 1.82) is 0 Å². The average molecular weight is 259 g/mol. The van der Waals surface area contributed by atoms with Crippen molar-refractivity contribution < 1.29 is 5.48 Å². The molecule has 0 amide bonds. The van der Waals surface area contributed by atoms with Gasteiger partial charge >= 0.3 is 0 Å². The first-order chi connectivity index (χ1) is 8.27. The summed E-state index contributed by atoms with van der Waals surface area (Å²) in [6.45, 7) is 9.54. The van der Waals surface area contributed by atoms with Crippen LogP contribution in [0.15, 0.2) is 13.2 Å². The molecular formula is C16H37NO. The summed E-state index contributed by atoms with van der Waals surface area (Å²) in [6.07, 6.45) is 14.4. The Morgan fingerprint density at radius 2 is 1.00 bits per heavy atom. The molecule has 0 saturated carbocycles. The molecule has 0 radical (unpaired) electrons. The predicted molar refractivity (Wildman–Crippen MR) is 85.3 cm³/mol. The third-order valence-corrected chi connectivity index (χ3v) is 2.96. The van der Waals surface area contributed by atoms with E-state index in [1.54, 1.807) is 0 Å². The van der Waals surface area contributed by atoms with E-state index < -0.39 is 0 Å². The highest BCUT2D eigenvalue weighted by Gasteiger charge is 1.93. The van der Waals surface area contributed by atoms with E-state index in [9.17, 15) is 0 Å². The molecule has 0 bridgehead atoms. The number of unbranched alkanes of at least 4 members (excludes halogenated alkanes) is 9. The zero-order valence-corrected chi connectivity index (χ0v) is 13.1. The first-order valence-electron chi connectivity index (χ1n) is 7.42. The van der Waals surface area contributed by atoms with Crippen LogP contribution in [0.5, 0.6) is 0 Å². The highest BCUT2D eigenvalue weighted by Crippen LogP contribution is 2.10. The second kappa shape index (κ2) is 21.9. The molecule has 0 rings (SSSR count). The van der Waals surface area contributed by atoms with Crippen LogP contribution in [0.4, 0.5) is 0 Å². The Labute approximate surface area is 116 Å². The molecule has 0 atom stereocenters. The van der Waals surface area contributed by atoms with Gasteiger partial charge in [-0.05, 0) is 27.1 Å². The molecule has 2 N–H and O–H groups in total. The molecule has 0 saturated heterocycles. The van der Waals surface area contributed by atoms with E-state index in [-0.39, 0.29) is 5.48 Å². The predicted octanol–water partition coefficient (Wildman–Crippen LogP) is 4.45. The molecule has 0 aromatic heterocycles. The first-order valence-corrected chi connectivity index (χ1v) is 7.42. The molecule has 0 heterocycles. The molecule has 0 aliphatic rings. The van der Waals surface area contributed by atoms with Crippen molar-refractivity contribution in [3.8, 4) is 0 Å². The molecule has 0 spiro atoms. The maximum Gasteiger partial charge on any atom is -0.00248 e. The highest BCUT2D eigenvalue weighted by molar-refractivity contribution is 4.49. The van der Waals surface area contributed by atoms with E-state index in [4.69, 9.17) is 0 Å². The summed E-state index contributed by atoms with van der Waals surface area (Å²) < 4.78 is 0. The highest BCUT2D eigenvalue weighted by atomic mass is 16.0. The van der Waals surface area contributed by atoms with E-state index in [1.807, 2.05) is 0 Å². The van der Waals surface area contributed by atoms with Crippen molar-refractivity contribution in [2.45, 2.75) is 71.1 Å². The Hall–Kier alpha value is -0.340. The lowest BCUT2D eigenvalue weighted by Gasteiger charge is -2.08. The van der Waals surface area contributed by atoms with Crippen molar-refractivity contribution >= 4 is 0 Å². The zero-order chi connectivity index (χ0) is 13.4. The quantitative estimate of drug-likeness (QED) is 0.399. The average Bonchev–Trinajstić information content (AvgIpc) is 2.34. The fourth-order valence-electron chi connectivity index (χ4n) is 1.92. The Bertz CT molecular complexity index is 126. The van der Waals surface area contributed by atoms with Crippen molar-refractivity contribution in [1.82, 2.24) is 4.90 Å². The number of rotatable bonds is 11. The van der Waals surface area contributed by atoms with Crippen molar-refractivity contribution in [3.63, 3.8) is 0 Å². The number of hydrogen-bond acceptors (Lipinski definition) is 1. The van der Waals surface area contributed by atoms with E-state index in [0.717, 1.165) is 0 Å². The maximum atomic E-state index is 3.00. The Kier molecular flexibility index (Phi) is 27.7. The standard InChI is InChI=1S/C14H31N.C2H4.H2O/c1-4-5-6-7-8-9-10-11-12-13-14-15(2)3;1-2;/h4-14H2,1-3H3;1-2H2;1H2. The van der Waals surface area contributed by atoms with Crippen molar-refractivity contribution in [2.24, 2.45) is 0 Å². The van der Waals surface area contributed by atoms with Gasteiger partial charge in [-0.1, -0.05) is 64.7 Å². The minimum absolute atomic E-state index is 0. The lowest BCUT2D eigenvalue weighted by Crippen LogP contribution is -2.12. The summed E-state index contributed by atoms with van der Waals surface area (Å²) in [7, 11) is 4.32. The Morgan fingerprint density at radius 1 is 0.667 bits per heavy atom. The minimum Gasteiger partial charge on any atom is -0.412 e. The molecule has 0 fully saturated rings. The smallest absolute Gasteiger partial charge is 0.00248 e. The van der Waals surface area contributed by atoms with Gasteiger partial charge in [-0.25, -0.2) is 0 Å². The van der Waals surface area contributed by atoms with Crippen LogP contribution >= 0.6 is 0 Å². The molecule has 112 valence electrons. The molecule has 0 aromatic carbocycles. The van der Waals surface area contributed by atoms with Gasteiger partial charge in [-0.3, -0.25) is 0 Å². The van der Waals surface area contributed by atoms with Crippen LogP contribution in [-0.4, -0.2) is 31.0 Å². The van der Waals surface area contributed by atoms with E-state index >= 15 is 0 Å². The van der Waals surface area contributed by atoms with E-state index in [1.165, 1.54) is 70.8 Å². The molecule has 0 aromatic rings. The van der Waals surface area contributed by atoms with Gasteiger partial charge in [0.1, 0.15) is 0 Å². The monoisotopic (exact) mass is 259 g/mol. The van der Waals surface area contributed by atoms with E-state index in [2.05, 4.69) is 39.1 Å². The van der Waals surface area contributed by atoms with Crippen LogP contribution in [-0.2, 0) is 0 Å². The largest absolute Gasteiger partial charge is 0.412 e. The van der Waals surface area contributed by atoms with Crippen molar-refractivity contribution in [2.75, 3.05) is 20.6 Å². The fraction of sp³-hybridized carbons (Fsp3) is 0.875. The van der Waals surface area contributed by atoms with Crippen LogP contribution in [0.1, 0.15) is 71.1 Å². The third-order valence-electron chi connectivity index (χ3n) is 2.96. The third kappa shape index (κ3) is 24.8. The number of hydrogen-bond donors (Lipinski definition) is 0. The molecule has 0 aliphatic carbocycles. The molecule has 0 unspecified atom stereocenters. The van der Waals surface area contributed by atoms with Crippen LogP contribution in [0.3, 0.4) is 0 Å². The summed E-state index contributed by atoms with van der Waals surface area (Å²) >= 11 is 0. The minimum atomic E-state index is 0.